The van der Waals surface area contributed by atoms with E-state index in [1.807, 2.05) is 24.3 Å². The van der Waals surface area contributed by atoms with Gasteiger partial charge >= 0.3 is 0 Å². The molecule has 2 nitrogen and oxygen atoms in total. The van der Waals surface area contributed by atoms with Crippen molar-refractivity contribution in [3.8, 4) is 6.07 Å². The molecule has 60 valence electrons. The summed E-state index contributed by atoms with van der Waals surface area (Å²) in [5, 5.41) is 12.3. The van der Waals surface area contributed by atoms with E-state index in [0.29, 0.717) is 0 Å². The minimum atomic E-state index is -0.00817. The number of hydrogen-bond donors (Lipinski definition) is 1. The first kappa shape index (κ1) is 7.60. The summed E-state index contributed by atoms with van der Waals surface area (Å²) in [7, 11) is 0. The third-order valence-corrected chi connectivity index (χ3v) is 2.20. The van der Waals surface area contributed by atoms with E-state index in [-0.39, 0.29) is 12.1 Å². The Kier molecular flexibility index (Phi) is 1.76. The van der Waals surface area contributed by atoms with Crippen molar-refractivity contribution in [3.63, 3.8) is 0 Å². The van der Waals surface area contributed by atoms with Crippen LogP contribution in [0.2, 0.25) is 5.02 Å². The molecule has 1 aromatic carbocycles. The van der Waals surface area contributed by atoms with E-state index < -0.39 is 0 Å². The lowest BCUT2D eigenvalue weighted by atomic mass is 10.1. The number of benzene rings is 1. The van der Waals surface area contributed by atoms with Crippen LogP contribution in [-0.2, 0) is 0 Å². The standard InChI is InChI=1S/C9H7ClN2/c10-7-3-1-6(2-4-7)9-8(5-11)12-9/h1-4,8-9,12H/t8-,9+/m1/s1. The van der Waals surface area contributed by atoms with E-state index in [1.54, 1.807) is 0 Å². The van der Waals surface area contributed by atoms with Crippen molar-refractivity contribution in [1.29, 1.82) is 5.26 Å². The molecule has 1 aliphatic heterocycles. The summed E-state index contributed by atoms with van der Waals surface area (Å²) in [6, 6.07) is 9.93. The molecule has 3 heteroatoms. The highest BCUT2D eigenvalue weighted by Gasteiger charge is 2.37. The highest BCUT2D eigenvalue weighted by atomic mass is 35.5. The quantitative estimate of drug-likeness (QED) is 0.668. The fourth-order valence-corrected chi connectivity index (χ4v) is 1.33. The summed E-state index contributed by atoms with van der Waals surface area (Å²) < 4.78 is 0. The zero-order valence-electron chi connectivity index (χ0n) is 6.29. The van der Waals surface area contributed by atoms with E-state index in [2.05, 4.69) is 11.4 Å². The first-order chi connectivity index (χ1) is 5.81. The van der Waals surface area contributed by atoms with Crippen LogP contribution in [0.5, 0.6) is 0 Å². The predicted molar refractivity (Wildman–Crippen MR) is 46.7 cm³/mol. The Bertz CT molecular complexity index is 325. The van der Waals surface area contributed by atoms with Gasteiger partial charge in [0.05, 0.1) is 12.1 Å². The van der Waals surface area contributed by atoms with Crippen molar-refractivity contribution < 1.29 is 0 Å². The van der Waals surface area contributed by atoms with Gasteiger partial charge in [-0.3, -0.25) is 5.32 Å². The van der Waals surface area contributed by atoms with Crippen molar-refractivity contribution in [2.75, 3.05) is 0 Å². The average Bonchev–Trinajstić information content (AvgIpc) is 2.85. The van der Waals surface area contributed by atoms with Gasteiger partial charge in [0.2, 0.25) is 0 Å². The van der Waals surface area contributed by atoms with Crippen LogP contribution < -0.4 is 5.32 Å². The van der Waals surface area contributed by atoms with Gasteiger partial charge in [-0.15, -0.1) is 0 Å². The summed E-state index contributed by atoms with van der Waals surface area (Å²) in [5.41, 5.74) is 1.13. The molecule has 1 aliphatic rings. The summed E-state index contributed by atoms with van der Waals surface area (Å²) in [6.07, 6.45) is 0. The average molecular weight is 179 g/mol. The number of nitrogens with zero attached hydrogens (tertiary/aromatic N) is 1. The lowest BCUT2D eigenvalue weighted by molar-refractivity contribution is 1.07. The molecule has 1 heterocycles. The van der Waals surface area contributed by atoms with Crippen LogP contribution in [0.25, 0.3) is 0 Å². The van der Waals surface area contributed by atoms with Crippen molar-refractivity contribution in [1.82, 2.24) is 5.32 Å². The molecule has 0 aromatic heterocycles. The minimum absolute atomic E-state index is 0.00817. The molecule has 12 heavy (non-hydrogen) atoms. The van der Waals surface area contributed by atoms with Crippen LogP contribution in [0, 0.1) is 11.3 Å². The SMILES string of the molecule is N#C[C@H]1N[C@H]1c1ccc(Cl)cc1. The molecule has 0 saturated carbocycles. The third-order valence-electron chi connectivity index (χ3n) is 1.95. The van der Waals surface area contributed by atoms with E-state index in [0.717, 1.165) is 10.6 Å². The van der Waals surface area contributed by atoms with Gasteiger partial charge in [-0.1, -0.05) is 23.7 Å². The van der Waals surface area contributed by atoms with Crippen LogP contribution in [0.4, 0.5) is 0 Å². The summed E-state index contributed by atoms with van der Waals surface area (Å²) in [4.78, 5) is 0. The van der Waals surface area contributed by atoms with Crippen LogP contribution in [0.1, 0.15) is 11.6 Å². The Labute approximate surface area is 75.8 Å². The van der Waals surface area contributed by atoms with Crippen molar-refractivity contribution in [3.05, 3.63) is 34.9 Å². The second-order valence-corrected chi connectivity index (χ2v) is 3.24. The zero-order chi connectivity index (χ0) is 8.55. The molecular weight excluding hydrogens is 172 g/mol. The maximum atomic E-state index is 8.55. The third kappa shape index (κ3) is 1.29. The fraction of sp³-hybridized carbons (Fsp3) is 0.222. The van der Waals surface area contributed by atoms with Crippen LogP contribution >= 0.6 is 11.6 Å². The van der Waals surface area contributed by atoms with E-state index in [4.69, 9.17) is 16.9 Å². The smallest absolute Gasteiger partial charge is 0.116 e. The Balaban J connectivity index is 2.17. The lowest BCUT2D eigenvalue weighted by Crippen LogP contribution is -1.83. The molecule has 2 rings (SSSR count). The van der Waals surface area contributed by atoms with E-state index in [9.17, 15) is 0 Å². The summed E-state index contributed by atoms with van der Waals surface area (Å²) >= 11 is 5.72. The number of nitrogens with one attached hydrogen (secondary N) is 1. The second kappa shape index (κ2) is 2.78. The monoisotopic (exact) mass is 178 g/mol. The molecule has 0 radical (unpaired) electrons. The van der Waals surface area contributed by atoms with Crippen molar-refractivity contribution in [2.24, 2.45) is 0 Å². The van der Waals surface area contributed by atoms with Gasteiger partial charge in [-0.2, -0.15) is 5.26 Å². The largest absolute Gasteiger partial charge is 0.291 e. The van der Waals surface area contributed by atoms with Crippen molar-refractivity contribution in [2.45, 2.75) is 12.1 Å². The van der Waals surface area contributed by atoms with Crippen LogP contribution in [0.15, 0.2) is 24.3 Å². The van der Waals surface area contributed by atoms with Gasteiger partial charge < -0.3 is 0 Å². The fourth-order valence-electron chi connectivity index (χ4n) is 1.21. The van der Waals surface area contributed by atoms with Gasteiger partial charge in [-0.25, -0.2) is 0 Å². The van der Waals surface area contributed by atoms with Gasteiger partial charge in [0.15, 0.2) is 0 Å². The predicted octanol–water partition coefficient (Wildman–Crippen LogP) is 1.88. The van der Waals surface area contributed by atoms with E-state index >= 15 is 0 Å². The maximum Gasteiger partial charge on any atom is 0.116 e. The Morgan fingerprint density at radius 3 is 2.50 bits per heavy atom. The minimum Gasteiger partial charge on any atom is -0.291 e. The molecule has 1 saturated heterocycles. The molecular formula is C9H7ClN2. The topological polar surface area (TPSA) is 45.7 Å². The number of hydrogen-bond acceptors (Lipinski definition) is 2. The van der Waals surface area contributed by atoms with Gasteiger partial charge in [0.1, 0.15) is 6.04 Å². The molecule has 1 aromatic rings. The first-order valence-corrected chi connectivity index (χ1v) is 4.10. The first-order valence-electron chi connectivity index (χ1n) is 3.72. The molecule has 2 atom stereocenters. The lowest BCUT2D eigenvalue weighted by Gasteiger charge is -1.94. The molecule has 0 aliphatic carbocycles. The second-order valence-electron chi connectivity index (χ2n) is 2.80. The van der Waals surface area contributed by atoms with Crippen molar-refractivity contribution >= 4 is 11.6 Å². The molecule has 0 unspecified atom stereocenters. The van der Waals surface area contributed by atoms with Crippen LogP contribution in [-0.4, -0.2) is 6.04 Å². The van der Waals surface area contributed by atoms with Crippen LogP contribution in [0.3, 0.4) is 0 Å². The number of halogens is 1. The Morgan fingerprint density at radius 1 is 1.33 bits per heavy atom. The molecule has 1 fully saturated rings. The van der Waals surface area contributed by atoms with Gasteiger partial charge in [-0.05, 0) is 17.7 Å². The Morgan fingerprint density at radius 2 is 2.00 bits per heavy atom. The molecule has 0 amide bonds. The molecule has 0 bridgehead atoms. The maximum absolute atomic E-state index is 8.55. The Hall–Kier alpha value is -1.04. The highest BCUT2D eigenvalue weighted by molar-refractivity contribution is 6.30. The summed E-state index contributed by atoms with van der Waals surface area (Å²) in [5.74, 6) is 0. The number of nitriles is 1. The molecule has 1 N–H and O–H groups in total. The normalized spacial score (nSPS) is 26.3. The summed E-state index contributed by atoms with van der Waals surface area (Å²) in [6.45, 7) is 0. The number of rotatable bonds is 1. The van der Waals surface area contributed by atoms with Gasteiger partial charge in [0, 0.05) is 5.02 Å². The highest BCUT2D eigenvalue weighted by Crippen LogP contribution is 2.29. The zero-order valence-corrected chi connectivity index (χ0v) is 7.05. The molecule has 0 spiro atoms. The van der Waals surface area contributed by atoms with Gasteiger partial charge in [0.25, 0.3) is 0 Å². The van der Waals surface area contributed by atoms with E-state index in [1.165, 1.54) is 0 Å².